The van der Waals surface area contributed by atoms with E-state index in [-0.39, 0.29) is 6.04 Å². The molecule has 0 aliphatic heterocycles. The van der Waals surface area contributed by atoms with Crippen LogP contribution in [0.1, 0.15) is 26.6 Å². The summed E-state index contributed by atoms with van der Waals surface area (Å²) < 4.78 is 2.00. The molecule has 100 valence electrons. The van der Waals surface area contributed by atoms with Crippen molar-refractivity contribution in [1.29, 1.82) is 5.26 Å². The highest BCUT2D eigenvalue weighted by molar-refractivity contribution is 5.06. The third-order valence-electron chi connectivity index (χ3n) is 2.77. The number of nitriles is 1. The summed E-state index contributed by atoms with van der Waals surface area (Å²) in [5.74, 6) is 1.00. The maximum Gasteiger partial charge on any atom is 0.122 e. The van der Waals surface area contributed by atoms with Gasteiger partial charge >= 0.3 is 0 Å². The van der Waals surface area contributed by atoms with Gasteiger partial charge < -0.3 is 4.57 Å². The van der Waals surface area contributed by atoms with Crippen LogP contribution < -0.4 is 5.32 Å². The van der Waals surface area contributed by atoms with Gasteiger partial charge in [0.1, 0.15) is 11.4 Å². The van der Waals surface area contributed by atoms with E-state index >= 15 is 0 Å². The van der Waals surface area contributed by atoms with Crippen molar-refractivity contribution in [3.8, 4) is 6.07 Å². The lowest BCUT2D eigenvalue weighted by Crippen LogP contribution is -2.52. The van der Waals surface area contributed by atoms with E-state index in [1.54, 1.807) is 6.20 Å². The fraction of sp³-hybridized carbons (Fsp3) is 0.692. The van der Waals surface area contributed by atoms with Crippen LogP contribution in [0.3, 0.4) is 0 Å². The first-order valence-corrected chi connectivity index (χ1v) is 6.20. The van der Waals surface area contributed by atoms with Crippen LogP contribution in [0, 0.1) is 11.3 Å². The number of aromatic nitrogens is 2. The average molecular weight is 249 g/mol. The monoisotopic (exact) mass is 249 g/mol. The molecule has 0 spiro atoms. The summed E-state index contributed by atoms with van der Waals surface area (Å²) in [5.41, 5.74) is -0.534. The van der Waals surface area contributed by atoms with Crippen molar-refractivity contribution in [2.75, 3.05) is 13.6 Å². The van der Waals surface area contributed by atoms with Gasteiger partial charge in [-0.15, -0.1) is 0 Å². The molecule has 0 saturated carbocycles. The predicted molar refractivity (Wildman–Crippen MR) is 71.8 cm³/mol. The van der Waals surface area contributed by atoms with E-state index in [1.807, 2.05) is 45.6 Å². The van der Waals surface area contributed by atoms with Gasteiger partial charge in [-0.05, 0) is 27.8 Å². The van der Waals surface area contributed by atoms with Crippen molar-refractivity contribution in [2.45, 2.75) is 38.9 Å². The normalized spacial score (nSPS) is 14.8. The molecule has 0 radical (unpaired) electrons. The Morgan fingerprint density at radius 1 is 1.61 bits per heavy atom. The van der Waals surface area contributed by atoms with Gasteiger partial charge in [0, 0.05) is 32.0 Å². The lowest BCUT2D eigenvalue weighted by Gasteiger charge is -2.30. The summed E-state index contributed by atoms with van der Waals surface area (Å²) in [7, 11) is 3.98. The van der Waals surface area contributed by atoms with E-state index in [9.17, 15) is 5.26 Å². The molecule has 0 aliphatic carbocycles. The number of likely N-dealkylation sites (N-methyl/N-ethyl adjacent to an activating group) is 1. The molecule has 18 heavy (non-hydrogen) atoms. The summed E-state index contributed by atoms with van der Waals surface area (Å²) >= 11 is 0. The minimum Gasteiger partial charge on any atom is -0.337 e. The first-order valence-electron chi connectivity index (χ1n) is 6.20. The molecule has 1 atom stereocenters. The fourth-order valence-electron chi connectivity index (χ4n) is 2.14. The van der Waals surface area contributed by atoms with E-state index in [2.05, 4.69) is 21.3 Å². The van der Waals surface area contributed by atoms with Crippen LogP contribution in [-0.4, -0.2) is 39.6 Å². The van der Waals surface area contributed by atoms with Gasteiger partial charge in [-0.1, -0.05) is 0 Å². The molecule has 0 saturated heterocycles. The van der Waals surface area contributed by atoms with Gasteiger partial charge in [-0.2, -0.15) is 5.26 Å². The van der Waals surface area contributed by atoms with Crippen molar-refractivity contribution < 1.29 is 0 Å². The highest BCUT2D eigenvalue weighted by Gasteiger charge is 2.26. The van der Waals surface area contributed by atoms with Gasteiger partial charge in [0.25, 0.3) is 0 Å². The summed E-state index contributed by atoms with van der Waals surface area (Å²) in [6.45, 7) is 7.43. The molecule has 0 aromatic carbocycles. The van der Waals surface area contributed by atoms with E-state index < -0.39 is 5.54 Å². The van der Waals surface area contributed by atoms with Crippen molar-refractivity contribution in [3.63, 3.8) is 0 Å². The molecule has 5 nitrogen and oxygen atoms in total. The van der Waals surface area contributed by atoms with Crippen molar-refractivity contribution in [2.24, 2.45) is 7.05 Å². The zero-order valence-electron chi connectivity index (χ0n) is 11.9. The molecule has 5 heteroatoms. The molecule has 1 aromatic rings. The lowest BCUT2D eigenvalue weighted by atomic mass is 10.0. The minimum atomic E-state index is -0.534. The van der Waals surface area contributed by atoms with Crippen LogP contribution in [0.5, 0.6) is 0 Å². The number of hydrogen-bond acceptors (Lipinski definition) is 4. The molecule has 1 rings (SSSR count). The predicted octanol–water partition coefficient (Wildman–Crippen LogP) is 1.13. The number of nitrogens with zero attached hydrogens (tertiary/aromatic N) is 4. The largest absolute Gasteiger partial charge is 0.337 e. The Labute approximate surface area is 109 Å². The van der Waals surface area contributed by atoms with Crippen molar-refractivity contribution >= 4 is 0 Å². The Morgan fingerprint density at radius 2 is 2.28 bits per heavy atom. The van der Waals surface area contributed by atoms with Crippen molar-refractivity contribution in [1.82, 2.24) is 19.8 Å². The lowest BCUT2D eigenvalue weighted by molar-refractivity contribution is 0.238. The quantitative estimate of drug-likeness (QED) is 0.821. The number of imidazole rings is 1. The Morgan fingerprint density at radius 3 is 2.72 bits per heavy atom. The Bertz CT molecular complexity index is 417. The van der Waals surface area contributed by atoms with Gasteiger partial charge in [0.15, 0.2) is 0 Å². The SMILES string of the molecule is CC(C)NC(C)(C#N)CN(C)Cc1nccn1C. The van der Waals surface area contributed by atoms with Gasteiger partial charge in [0.2, 0.25) is 0 Å². The third-order valence-corrected chi connectivity index (χ3v) is 2.77. The average Bonchev–Trinajstić information content (AvgIpc) is 2.63. The van der Waals surface area contributed by atoms with Crippen LogP contribution in [0.4, 0.5) is 0 Å². The molecule has 0 fully saturated rings. The fourth-order valence-corrected chi connectivity index (χ4v) is 2.14. The third kappa shape index (κ3) is 4.13. The van der Waals surface area contributed by atoms with E-state index in [0.717, 1.165) is 12.4 Å². The van der Waals surface area contributed by atoms with Gasteiger partial charge in [-0.25, -0.2) is 4.98 Å². The van der Waals surface area contributed by atoms with Crippen LogP contribution in [0.2, 0.25) is 0 Å². The number of hydrogen-bond donors (Lipinski definition) is 1. The molecule has 1 aromatic heterocycles. The summed E-state index contributed by atoms with van der Waals surface area (Å²) in [6, 6.07) is 2.64. The molecule has 1 heterocycles. The molecule has 0 bridgehead atoms. The maximum absolute atomic E-state index is 9.30. The summed E-state index contributed by atoms with van der Waals surface area (Å²) in [6.07, 6.45) is 3.72. The first-order chi connectivity index (χ1) is 8.36. The summed E-state index contributed by atoms with van der Waals surface area (Å²) in [4.78, 5) is 6.40. The van der Waals surface area contributed by atoms with E-state index in [1.165, 1.54) is 0 Å². The summed E-state index contributed by atoms with van der Waals surface area (Å²) in [5, 5.41) is 12.6. The van der Waals surface area contributed by atoms with E-state index in [4.69, 9.17) is 0 Å². The maximum atomic E-state index is 9.30. The highest BCUT2D eigenvalue weighted by atomic mass is 15.2. The van der Waals surface area contributed by atoms with E-state index in [0.29, 0.717) is 6.54 Å². The smallest absolute Gasteiger partial charge is 0.122 e. The van der Waals surface area contributed by atoms with Gasteiger partial charge in [0.05, 0.1) is 12.6 Å². The Balaban J connectivity index is 2.60. The minimum absolute atomic E-state index is 0.288. The molecular weight excluding hydrogens is 226 g/mol. The highest BCUT2D eigenvalue weighted by Crippen LogP contribution is 2.08. The Hall–Kier alpha value is -1.38. The topological polar surface area (TPSA) is 56.9 Å². The first kappa shape index (κ1) is 14.7. The van der Waals surface area contributed by atoms with Crippen LogP contribution in [-0.2, 0) is 13.6 Å². The zero-order chi connectivity index (χ0) is 13.8. The number of rotatable bonds is 6. The van der Waals surface area contributed by atoms with Crippen LogP contribution in [0.25, 0.3) is 0 Å². The molecular formula is C13H23N5. The number of aryl methyl sites for hydroxylation is 1. The zero-order valence-corrected chi connectivity index (χ0v) is 11.9. The van der Waals surface area contributed by atoms with Crippen LogP contribution >= 0.6 is 0 Å². The standard InChI is InChI=1S/C13H23N5/c1-11(2)16-13(3,9-14)10-17(4)8-12-15-6-7-18(12)5/h6-7,11,16H,8,10H2,1-5H3. The van der Waals surface area contributed by atoms with Gasteiger partial charge in [-0.3, -0.25) is 10.2 Å². The second-order valence-electron chi connectivity index (χ2n) is 5.37. The molecule has 0 aliphatic rings. The molecule has 1 unspecified atom stereocenters. The molecule has 0 amide bonds. The second-order valence-corrected chi connectivity index (χ2v) is 5.37. The Kier molecular flexibility index (Phi) is 4.88. The second kappa shape index (κ2) is 5.98. The van der Waals surface area contributed by atoms with Crippen molar-refractivity contribution in [3.05, 3.63) is 18.2 Å². The molecule has 1 N–H and O–H groups in total. The number of nitrogens with one attached hydrogen (secondary N) is 1. The van der Waals surface area contributed by atoms with Crippen LogP contribution in [0.15, 0.2) is 12.4 Å².